The molecule has 2 aliphatic carbocycles. The summed E-state index contributed by atoms with van der Waals surface area (Å²) in [4.78, 5) is 2.22. The molecule has 14 rings (SSSR count). The molecule has 0 saturated carbocycles. The lowest BCUT2D eigenvalue weighted by Gasteiger charge is -2.36. The third-order valence-corrected chi connectivity index (χ3v) is 16.7. The Kier molecular flexibility index (Phi) is 12.9. The van der Waals surface area contributed by atoms with Crippen molar-refractivity contribution in [1.29, 1.82) is 0 Å². The molecule has 0 spiro atoms. The summed E-state index contributed by atoms with van der Waals surface area (Å²) in [7, 11) is 0. The van der Waals surface area contributed by atoms with Crippen molar-refractivity contribution in [2.24, 2.45) is 0 Å². The monoisotopic (exact) mass is 1090 g/mol. The first kappa shape index (κ1) is 51.5. The molecule has 0 aliphatic heterocycles. The number of hydrogen-bond donors (Lipinski definition) is 0. The minimum atomic E-state index is -1.14. The minimum absolute atomic E-state index is 0.310. The van der Waals surface area contributed by atoms with Gasteiger partial charge >= 0.3 is 0 Å². The second-order valence-corrected chi connectivity index (χ2v) is 21.2. The Hall–Kier alpha value is -10.7. The number of halogens is 3. The van der Waals surface area contributed by atoms with Gasteiger partial charge in [-0.25, -0.2) is 13.2 Å². The molecular formula is C78H52F3NO2. The molecule has 0 heterocycles. The van der Waals surface area contributed by atoms with Crippen LogP contribution < -0.4 is 14.4 Å². The van der Waals surface area contributed by atoms with Crippen molar-refractivity contribution in [2.45, 2.75) is 10.8 Å². The third kappa shape index (κ3) is 8.53. The fraction of sp³-hybridized carbons (Fsp3) is 0.0256. The first-order valence-corrected chi connectivity index (χ1v) is 27.9. The number of ether oxygens (including phenoxy) is 2. The smallest absolute Gasteiger partial charge is 0.127 e. The maximum absolute atomic E-state index is 17.2. The first-order valence-electron chi connectivity index (χ1n) is 27.9. The highest BCUT2D eigenvalue weighted by Gasteiger charge is 2.50. The van der Waals surface area contributed by atoms with Crippen molar-refractivity contribution in [2.75, 3.05) is 4.90 Å². The minimum Gasteiger partial charge on any atom is -0.457 e. The van der Waals surface area contributed by atoms with Crippen LogP contribution >= 0.6 is 0 Å². The topological polar surface area (TPSA) is 21.7 Å². The summed E-state index contributed by atoms with van der Waals surface area (Å²) < 4.78 is 61.5. The summed E-state index contributed by atoms with van der Waals surface area (Å²) >= 11 is 0. The Balaban J connectivity index is 0.976. The zero-order chi connectivity index (χ0) is 56.9. The summed E-state index contributed by atoms with van der Waals surface area (Å²) in [6.45, 7) is 7.78. The van der Waals surface area contributed by atoms with Gasteiger partial charge in [0.1, 0.15) is 40.4 Å². The molecular weight excluding hydrogens is 1040 g/mol. The fourth-order valence-electron chi connectivity index (χ4n) is 12.9. The van der Waals surface area contributed by atoms with Gasteiger partial charge in [-0.15, -0.1) is 0 Å². The quantitative estimate of drug-likeness (QED) is 0.108. The highest BCUT2D eigenvalue weighted by molar-refractivity contribution is 5.92. The van der Waals surface area contributed by atoms with E-state index in [4.69, 9.17) is 9.47 Å². The van der Waals surface area contributed by atoms with E-state index in [9.17, 15) is 4.39 Å². The van der Waals surface area contributed by atoms with Crippen molar-refractivity contribution >= 4 is 29.2 Å². The van der Waals surface area contributed by atoms with Crippen molar-refractivity contribution in [3.63, 3.8) is 0 Å². The van der Waals surface area contributed by atoms with Crippen LogP contribution in [0.1, 0.15) is 55.6 Å². The number of hydrogen-bond acceptors (Lipinski definition) is 3. The summed E-state index contributed by atoms with van der Waals surface area (Å²) in [5.74, 6) is 1.63. The van der Waals surface area contributed by atoms with Crippen molar-refractivity contribution in [3.05, 3.63) is 365 Å². The fourth-order valence-corrected chi connectivity index (χ4v) is 12.9. The number of anilines is 3. The second kappa shape index (κ2) is 21.0. The Bertz CT molecular complexity index is 4230. The van der Waals surface area contributed by atoms with Crippen LogP contribution in [0.15, 0.2) is 292 Å². The molecule has 12 aromatic carbocycles. The molecule has 0 bridgehead atoms. The van der Waals surface area contributed by atoms with Crippen LogP contribution in [-0.4, -0.2) is 0 Å². The number of rotatable bonds is 14. The molecule has 6 heteroatoms. The second-order valence-electron chi connectivity index (χ2n) is 21.2. The first-order chi connectivity index (χ1) is 41.2. The average molecular weight is 1090 g/mol. The van der Waals surface area contributed by atoms with E-state index in [1.165, 1.54) is 24.3 Å². The number of benzene rings is 12. The van der Waals surface area contributed by atoms with Crippen LogP contribution in [-0.2, 0) is 10.8 Å². The lowest BCUT2D eigenvalue weighted by Crippen LogP contribution is -2.30. The van der Waals surface area contributed by atoms with Gasteiger partial charge in [0.2, 0.25) is 0 Å². The molecule has 0 N–H and O–H groups in total. The van der Waals surface area contributed by atoms with Crippen LogP contribution in [0, 0.1) is 17.5 Å². The van der Waals surface area contributed by atoms with Gasteiger partial charge < -0.3 is 14.4 Å². The summed E-state index contributed by atoms with van der Waals surface area (Å²) in [6.07, 6.45) is 3.59. The van der Waals surface area contributed by atoms with Gasteiger partial charge in [0, 0.05) is 28.2 Å². The highest BCUT2D eigenvalue weighted by Crippen LogP contribution is 2.60. The van der Waals surface area contributed by atoms with Crippen LogP contribution in [0.25, 0.3) is 45.5 Å². The summed E-state index contributed by atoms with van der Waals surface area (Å²) in [6, 6.07) is 89.9. The van der Waals surface area contributed by atoms with Gasteiger partial charge in [0.05, 0.1) is 10.8 Å². The predicted octanol–water partition coefficient (Wildman–Crippen LogP) is 20.8. The van der Waals surface area contributed by atoms with Gasteiger partial charge in [-0.3, -0.25) is 0 Å². The Morgan fingerprint density at radius 3 is 1.04 bits per heavy atom. The van der Waals surface area contributed by atoms with E-state index in [2.05, 4.69) is 90.9 Å². The molecule has 2 aliphatic rings. The molecule has 0 amide bonds. The third-order valence-electron chi connectivity index (χ3n) is 16.7. The van der Waals surface area contributed by atoms with Crippen molar-refractivity contribution in [1.82, 2.24) is 0 Å². The predicted molar refractivity (Wildman–Crippen MR) is 334 cm³/mol. The zero-order valence-corrected chi connectivity index (χ0v) is 45.5. The Labute approximate surface area is 486 Å². The van der Waals surface area contributed by atoms with Crippen LogP contribution in [0.5, 0.6) is 23.0 Å². The largest absolute Gasteiger partial charge is 0.457 e. The molecule has 84 heavy (non-hydrogen) atoms. The van der Waals surface area contributed by atoms with E-state index >= 15 is 8.78 Å². The van der Waals surface area contributed by atoms with Gasteiger partial charge in [-0.2, -0.15) is 0 Å². The maximum atomic E-state index is 17.2. The molecule has 0 aromatic heterocycles. The lowest BCUT2D eigenvalue weighted by atomic mass is 9.67. The zero-order valence-electron chi connectivity index (χ0n) is 45.5. The van der Waals surface area contributed by atoms with Gasteiger partial charge in [0.15, 0.2) is 0 Å². The van der Waals surface area contributed by atoms with Crippen LogP contribution in [0.2, 0.25) is 0 Å². The molecule has 0 saturated heterocycles. The van der Waals surface area contributed by atoms with E-state index in [1.54, 1.807) is 36.4 Å². The standard InChI is InChI=1S/C78H52F3NO2/c1-3-51-21-39-61(40-22-51)83-63-43-29-55(30-44-63)77(71-17-9-11-19-75(71)80)69-15-7-5-13-65(69)67-47-37-59(49-73(67)77)82(58-35-27-54(28-36-58)53-25-33-57(79)34-26-53)60-38-48-68-66-14-6-8-16-70(66)78(74(68)50-60,72-18-10-12-20-76(72)81)56-31-45-64(46-32-56)84-62-41-23-52(4-2)24-42-62/h3-50H,1-2H2. The molecule has 0 fully saturated rings. The van der Waals surface area contributed by atoms with E-state index in [-0.39, 0.29) is 17.5 Å². The van der Waals surface area contributed by atoms with E-state index in [0.29, 0.717) is 34.1 Å². The number of fused-ring (bicyclic) bond motifs is 6. The Morgan fingerprint density at radius 2 is 0.643 bits per heavy atom. The summed E-state index contributed by atoms with van der Waals surface area (Å²) in [5, 5.41) is 0. The van der Waals surface area contributed by atoms with Gasteiger partial charge in [-0.1, -0.05) is 195 Å². The Morgan fingerprint density at radius 1 is 0.310 bits per heavy atom. The number of nitrogens with zero attached hydrogens (tertiary/aromatic N) is 1. The molecule has 2 atom stereocenters. The SMILES string of the molecule is C=Cc1ccc(Oc2ccc(C3(c4ccccc4F)c4ccccc4-c4ccc(N(c5ccc(-c6ccc(F)cc6)cc5)c5ccc6c(c5)C(c5ccc(Oc7ccc(C=C)cc7)cc5)(c5ccccc5F)c5ccccc5-6)cc43)cc2)cc1. The van der Waals surface area contributed by atoms with Gasteiger partial charge in [0.25, 0.3) is 0 Å². The van der Waals surface area contributed by atoms with Crippen LogP contribution in [0.3, 0.4) is 0 Å². The highest BCUT2D eigenvalue weighted by atomic mass is 19.1. The van der Waals surface area contributed by atoms with Gasteiger partial charge in [-0.05, 0) is 187 Å². The van der Waals surface area contributed by atoms with E-state index in [1.807, 2.05) is 158 Å². The molecule has 3 nitrogen and oxygen atoms in total. The van der Waals surface area contributed by atoms with Crippen LogP contribution in [0.4, 0.5) is 30.2 Å². The van der Waals surface area contributed by atoms with E-state index < -0.39 is 10.8 Å². The maximum Gasteiger partial charge on any atom is 0.127 e. The molecule has 402 valence electrons. The normalized spacial score (nSPS) is 15.3. The van der Waals surface area contributed by atoms with Crippen molar-refractivity contribution < 1.29 is 22.6 Å². The van der Waals surface area contributed by atoms with E-state index in [0.717, 1.165) is 95.0 Å². The van der Waals surface area contributed by atoms with Crippen molar-refractivity contribution in [3.8, 4) is 56.4 Å². The lowest BCUT2D eigenvalue weighted by molar-refractivity contribution is 0.482. The molecule has 0 radical (unpaired) electrons. The summed E-state index contributed by atoms with van der Waals surface area (Å²) in [5.41, 5.74) is 14.2. The average Bonchev–Trinajstić information content (AvgIpc) is 1.68. The molecule has 12 aromatic rings. The molecule has 2 unspecified atom stereocenters.